The second-order valence-electron chi connectivity index (χ2n) is 8.18. The van der Waals surface area contributed by atoms with Gasteiger partial charge in [0, 0.05) is 27.2 Å². The summed E-state index contributed by atoms with van der Waals surface area (Å²) < 4.78 is 0. The summed E-state index contributed by atoms with van der Waals surface area (Å²) in [5.41, 5.74) is 0.287. The van der Waals surface area contributed by atoms with Crippen LogP contribution in [-0.2, 0) is 9.59 Å². The van der Waals surface area contributed by atoms with Crippen molar-refractivity contribution in [3.05, 3.63) is 35.2 Å². The molecule has 1 aromatic carbocycles. The molecular formula is C20H28N4O4. The SMILES string of the molecule is C[C@@H](NC1=C(Nc2cccc(C(=O)N(C)C)c2O)C(=O)N(C)C1=O)C(C)(C)C. The van der Waals surface area contributed by atoms with Gasteiger partial charge in [0.2, 0.25) is 0 Å². The van der Waals surface area contributed by atoms with Crippen LogP contribution >= 0.6 is 0 Å². The second kappa shape index (κ2) is 7.53. The fourth-order valence-electron chi connectivity index (χ4n) is 2.52. The molecule has 3 N–H and O–H groups in total. The van der Waals surface area contributed by atoms with Crippen LogP contribution in [0.2, 0.25) is 0 Å². The van der Waals surface area contributed by atoms with E-state index in [4.69, 9.17) is 0 Å². The molecule has 1 heterocycles. The number of para-hydroxylation sites is 1. The van der Waals surface area contributed by atoms with Gasteiger partial charge in [0.05, 0.1) is 11.3 Å². The number of aromatic hydroxyl groups is 1. The zero-order chi connectivity index (χ0) is 21.4. The van der Waals surface area contributed by atoms with Gasteiger partial charge in [0.1, 0.15) is 11.4 Å². The fourth-order valence-corrected chi connectivity index (χ4v) is 2.52. The van der Waals surface area contributed by atoms with Gasteiger partial charge in [-0.05, 0) is 24.5 Å². The topological polar surface area (TPSA) is 102 Å². The molecule has 152 valence electrons. The Morgan fingerprint density at radius 1 is 1.14 bits per heavy atom. The molecule has 0 radical (unpaired) electrons. The van der Waals surface area contributed by atoms with Crippen LogP contribution in [0.25, 0.3) is 0 Å². The van der Waals surface area contributed by atoms with E-state index in [1.54, 1.807) is 20.2 Å². The minimum atomic E-state index is -0.516. The zero-order valence-electron chi connectivity index (χ0n) is 17.4. The number of benzene rings is 1. The van der Waals surface area contributed by atoms with E-state index in [0.29, 0.717) is 0 Å². The zero-order valence-corrected chi connectivity index (χ0v) is 17.4. The first-order chi connectivity index (χ1) is 12.9. The van der Waals surface area contributed by atoms with E-state index in [1.807, 2.05) is 27.7 Å². The highest BCUT2D eigenvalue weighted by atomic mass is 16.3. The van der Waals surface area contributed by atoms with E-state index in [9.17, 15) is 19.5 Å². The van der Waals surface area contributed by atoms with Crippen LogP contribution < -0.4 is 10.6 Å². The first kappa shape index (κ1) is 21.3. The Bertz CT molecular complexity index is 852. The van der Waals surface area contributed by atoms with Crippen LogP contribution in [0.5, 0.6) is 5.75 Å². The average Bonchev–Trinajstić information content (AvgIpc) is 2.80. The molecule has 0 aliphatic carbocycles. The fraction of sp³-hybridized carbons (Fsp3) is 0.450. The molecule has 0 saturated carbocycles. The Morgan fingerprint density at radius 3 is 2.25 bits per heavy atom. The van der Waals surface area contributed by atoms with E-state index < -0.39 is 11.8 Å². The van der Waals surface area contributed by atoms with Gasteiger partial charge in [0.15, 0.2) is 5.75 Å². The predicted molar refractivity (Wildman–Crippen MR) is 107 cm³/mol. The highest BCUT2D eigenvalue weighted by Crippen LogP contribution is 2.31. The van der Waals surface area contributed by atoms with Gasteiger partial charge in [-0.15, -0.1) is 0 Å². The van der Waals surface area contributed by atoms with Gasteiger partial charge in [0.25, 0.3) is 17.7 Å². The summed E-state index contributed by atoms with van der Waals surface area (Å²) in [4.78, 5) is 39.7. The lowest BCUT2D eigenvalue weighted by molar-refractivity contribution is -0.136. The van der Waals surface area contributed by atoms with Crippen LogP contribution in [0.3, 0.4) is 0 Å². The summed E-state index contributed by atoms with van der Waals surface area (Å²) >= 11 is 0. The van der Waals surface area contributed by atoms with Gasteiger partial charge in [-0.1, -0.05) is 26.8 Å². The molecular weight excluding hydrogens is 360 g/mol. The molecule has 1 atom stereocenters. The van der Waals surface area contributed by atoms with Crippen LogP contribution in [0.15, 0.2) is 29.6 Å². The maximum absolute atomic E-state index is 12.6. The first-order valence-corrected chi connectivity index (χ1v) is 9.00. The number of hydrogen-bond acceptors (Lipinski definition) is 6. The van der Waals surface area contributed by atoms with Crippen molar-refractivity contribution in [3.8, 4) is 5.75 Å². The molecule has 0 fully saturated rings. The van der Waals surface area contributed by atoms with Crippen LogP contribution in [-0.4, -0.2) is 59.8 Å². The number of nitrogens with zero attached hydrogens (tertiary/aromatic N) is 2. The van der Waals surface area contributed by atoms with E-state index in [1.165, 1.54) is 24.1 Å². The summed E-state index contributed by atoms with van der Waals surface area (Å²) in [6.07, 6.45) is 0. The molecule has 8 nitrogen and oxygen atoms in total. The molecule has 3 amide bonds. The number of anilines is 1. The number of likely N-dealkylation sites (N-methyl/N-ethyl adjacent to an activating group) is 1. The summed E-state index contributed by atoms with van der Waals surface area (Å²) in [6.45, 7) is 7.98. The summed E-state index contributed by atoms with van der Waals surface area (Å²) in [5, 5.41) is 16.5. The minimum absolute atomic E-state index is 0.0355. The Balaban J connectivity index is 2.46. The van der Waals surface area contributed by atoms with E-state index in [-0.39, 0.29) is 45.8 Å². The molecule has 28 heavy (non-hydrogen) atoms. The number of rotatable bonds is 5. The van der Waals surface area contributed by atoms with Gasteiger partial charge in [-0.2, -0.15) is 0 Å². The van der Waals surface area contributed by atoms with E-state index in [0.717, 1.165) is 4.90 Å². The monoisotopic (exact) mass is 388 g/mol. The molecule has 8 heteroatoms. The summed E-state index contributed by atoms with van der Waals surface area (Å²) in [7, 11) is 4.55. The minimum Gasteiger partial charge on any atom is -0.505 e. The van der Waals surface area contributed by atoms with Crippen molar-refractivity contribution in [3.63, 3.8) is 0 Å². The molecule has 2 rings (SSSR count). The highest BCUT2D eigenvalue weighted by molar-refractivity contribution is 6.20. The number of carbonyl (C=O) groups is 3. The lowest BCUT2D eigenvalue weighted by Gasteiger charge is -2.29. The second-order valence-corrected chi connectivity index (χ2v) is 8.18. The number of phenols is 1. The third kappa shape index (κ3) is 3.95. The lowest BCUT2D eigenvalue weighted by atomic mass is 9.88. The number of imide groups is 1. The van der Waals surface area contributed by atoms with Crippen LogP contribution in [0.4, 0.5) is 5.69 Å². The Morgan fingerprint density at radius 2 is 1.71 bits per heavy atom. The maximum atomic E-state index is 12.6. The van der Waals surface area contributed by atoms with Crippen molar-refractivity contribution in [2.24, 2.45) is 5.41 Å². The van der Waals surface area contributed by atoms with E-state index >= 15 is 0 Å². The molecule has 1 aromatic rings. The summed E-state index contributed by atoms with van der Waals surface area (Å²) in [5.74, 6) is -1.63. The first-order valence-electron chi connectivity index (χ1n) is 9.00. The third-order valence-electron chi connectivity index (χ3n) is 4.88. The van der Waals surface area contributed by atoms with Crippen molar-refractivity contribution in [2.75, 3.05) is 26.5 Å². The van der Waals surface area contributed by atoms with Crippen molar-refractivity contribution in [2.45, 2.75) is 33.7 Å². The van der Waals surface area contributed by atoms with Gasteiger partial charge >= 0.3 is 0 Å². The van der Waals surface area contributed by atoms with Crippen molar-refractivity contribution in [1.82, 2.24) is 15.1 Å². The molecule has 1 aliphatic heterocycles. The standard InChI is InChI=1S/C20H28N4O4/c1-11(20(2,3)4)21-14-15(19(28)24(7)18(14)27)22-13-10-8-9-12(16(13)25)17(26)23(5)6/h8-11,21-22,25H,1-7H3/t11-/m1/s1. The number of hydrogen-bond donors (Lipinski definition) is 3. The molecule has 0 bridgehead atoms. The van der Waals surface area contributed by atoms with Crippen molar-refractivity contribution >= 4 is 23.4 Å². The third-order valence-corrected chi connectivity index (χ3v) is 4.88. The molecule has 0 saturated heterocycles. The smallest absolute Gasteiger partial charge is 0.279 e. The van der Waals surface area contributed by atoms with Gasteiger partial charge < -0.3 is 20.6 Å². The van der Waals surface area contributed by atoms with Gasteiger partial charge in [-0.25, -0.2) is 0 Å². The number of carbonyl (C=O) groups excluding carboxylic acids is 3. The highest BCUT2D eigenvalue weighted by Gasteiger charge is 2.38. The van der Waals surface area contributed by atoms with Crippen molar-refractivity contribution in [1.29, 1.82) is 0 Å². The molecule has 1 aliphatic rings. The maximum Gasteiger partial charge on any atom is 0.279 e. The predicted octanol–water partition coefficient (Wildman–Crippen LogP) is 1.74. The Kier molecular flexibility index (Phi) is 5.72. The van der Waals surface area contributed by atoms with Gasteiger partial charge in [-0.3, -0.25) is 19.3 Å². The number of amides is 3. The average molecular weight is 388 g/mol. The number of nitrogens with one attached hydrogen (secondary N) is 2. The lowest BCUT2D eigenvalue weighted by Crippen LogP contribution is -2.40. The largest absolute Gasteiger partial charge is 0.505 e. The van der Waals surface area contributed by atoms with Crippen LogP contribution in [0.1, 0.15) is 38.1 Å². The van der Waals surface area contributed by atoms with E-state index in [2.05, 4.69) is 10.6 Å². The normalized spacial score (nSPS) is 15.8. The Hall–Kier alpha value is -3.03. The molecule has 0 unspecified atom stereocenters. The number of phenolic OH excluding ortho intramolecular Hbond substituents is 1. The summed E-state index contributed by atoms with van der Waals surface area (Å²) in [6, 6.07) is 4.52. The van der Waals surface area contributed by atoms with Crippen LogP contribution in [0, 0.1) is 5.41 Å². The van der Waals surface area contributed by atoms with Crippen molar-refractivity contribution < 1.29 is 19.5 Å². The quantitative estimate of drug-likeness (QED) is 0.525. The Labute approximate surface area is 165 Å². The molecule has 0 spiro atoms. The molecule has 0 aromatic heterocycles.